The van der Waals surface area contributed by atoms with E-state index in [0.29, 0.717) is 18.1 Å². The normalized spacial score (nSPS) is 16.3. The van der Waals surface area contributed by atoms with Crippen molar-refractivity contribution in [2.45, 2.75) is 39.0 Å². The molecule has 3 rings (SSSR count). The van der Waals surface area contributed by atoms with Gasteiger partial charge >= 0.3 is 18.0 Å². The van der Waals surface area contributed by atoms with Crippen molar-refractivity contribution in [3.8, 4) is 0 Å². The molecule has 2 aromatic rings. The van der Waals surface area contributed by atoms with E-state index in [9.17, 15) is 19.5 Å². The van der Waals surface area contributed by atoms with Gasteiger partial charge in [0.25, 0.3) is 0 Å². The van der Waals surface area contributed by atoms with Crippen LogP contribution in [0.3, 0.4) is 0 Å². The minimum Gasteiger partial charge on any atom is -0.480 e. The number of carboxylic acids is 2. The van der Waals surface area contributed by atoms with Crippen molar-refractivity contribution in [1.29, 1.82) is 0 Å². The SMILES string of the molecule is CC(C)(C)OC(=O)NCc1cnc(N2CCN(c3ncc(C(=O)O)cn3)[C@H](C(=O)O)C2)nc1. The Balaban J connectivity index is 1.63. The lowest BCUT2D eigenvalue weighted by Crippen LogP contribution is -2.57. The molecular weight excluding hydrogens is 434 g/mol. The van der Waals surface area contributed by atoms with E-state index >= 15 is 0 Å². The number of hydrogen-bond acceptors (Lipinski definition) is 10. The van der Waals surface area contributed by atoms with Crippen LogP contribution in [-0.2, 0) is 16.1 Å². The summed E-state index contributed by atoms with van der Waals surface area (Å²) in [6.07, 6.45) is 4.84. The van der Waals surface area contributed by atoms with Gasteiger partial charge in [-0.15, -0.1) is 0 Å². The number of piperazine rings is 1. The minimum absolute atomic E-state index is 0.0783. The Labute approximate surface area is 189 Å². The summed E-state index contributed by atoms with van der Waals surface area (Å²) in [6.45, 7) is 6.25. The van der Waals surface area contributed by atoms with E-state index in [1.165, 1.54) is 4.90 Å². The second-order valence-electron chi connectivity index (χ2n) is 8.32. The summed E-state index contributed by atoms with van der Waals surface area (Å²) >= 11 is 0. The van der Waals surface area contributed by atoms with Crippen molar-refractivity contribution in [1.82, 2.24) is 25.3 Å². The molecule has 0 aromatic carbocycles. The molecule has 1 saturated heterocycles. The number of aromatic nitrogens is 4. The summed E-state index contributed by atoms with van der Waals surface area (Å²) in [5.41, 5.74) is -0.0276. The summed E-state index contributed by atoms with van der Waals surface area (Å²) in [4.78, 5) is 54.4. The molecule has 176 valence electrons. The molecule has 0 spiro atoms. The average Bonchev–Trinajstić information content (AvgIpc) is 2.76. The van der Waals surface area contributed by atoms with Crippen LogP contribution in [0, 0.1) is 0 Å². The number of carbonyl (C=O) groups excluding carboxylic acids is 1. The number of rotatable bonds is 6. The molecule has 3 N–H and O–H groups in total. The fourth-order valence-corrected chi connectivity index (χ4v) is 3.09. The first kappa shape index (κ1) is 23.6. The second-order valence-corrected chi connectivity index (χ2v) is 8.32. The smallest absolute Gasteiger partial charge is 0.407 e. The van der Waals surface area contributed by atoms with Crippen LogP contribution < -0.4 is 15.1 Å². The van der Waals surface area contributed by atoms with Crippen LogP contribution in [0.2, 0.25) is 0 Å². The highest BCUT2D eigenvalue weighted by Crippen LogP contribution is 2.20. The number of alkyl carbamates (subject to hydrolysis) is 1. The number of aromatic carboxylic acids is 1. The van der Waals surface area contributed by atoms with Gasteiger partial charge in [-0.25, -0.2) is 34.3 Å². The average molecular weight is 459 g/mol. The van der Waals surface area contributed by atoms with E-state index in [-0.39, 0.29) is 31.1 Å². The quantitative estimate of drug-likeness (QED) is 0.555. The predicted molar refractivity (Wildman–Crippen MR) is 115 cm³/mol. The zero-order chi connectivity index (χ0) is 24.2. The zero-order valence-electron chi connectivity index (χ0n) is 18.4. The number of ether oxygens (including phenoxy) is 1. The molecule has 0 unspecified atom stereocenters. The van der Waals surface area contributed by atoms with Crippen LogP contribution in [0.15, 0.2) is 24.8 Å². The fourth-order valence-electron chi connectivity index (χ4n) is 3.09. The molecule has 1 aliphatic rings. The Morgan fingerprint density at radius 2 is 1.64 bits per heavy atom. The second kappa shape index (κ2) is 9.63. The monoisotopic (exact) mass is 459 g/mol. The van der Waals surface area contributed by atoms with Gasteiger partial charge in [0.2, 0.25) is 11.9 Å². The van der Waals surface area contributed by atoms with Crippen molar-refractivity contribution in [3.63, 3.8) is 0 Å². The summed E-state index contributed by atoms with van der Waals surface area (Å²) in [7, 11) is 0. The third kappa shape index (κ3) is 6.24. The number of carbonyl (C=O) groups is 3. The zero-order valence-corrected chi connectivity index (χ0v) is 18.4. The maximum atomic E-state index is 11.9. The number of carboxylic acid groups (broad SMARTS) is 2. The molecule has 0 saturated carbocycles. The van der Waals surface area contributed by atoms with Gasteiger partial charge in [0.1, 0.15) is 11.6 Å². The van der Waals surface area contributed by atoms with Crippen molar-refractivity contribution in [2.24, 2.45) is 0 Å². The van der Waals surface area contributed by atoms with Gasteiger partial charge in [-0.2, -0.15) is 0 Å². The van der Waals surface area contributed by atoms with Crippen molar-refractivity contribution in [2.75, 3.05) is 29.4 Å². The fraction of sp³-hybridized carbons (Fsp3) is 0.450. The molecule has 1 fully saturated rings. The third-order valence-electron chi connectivity index (χ3n) is 4.62. The van der Waals surface area contributed by atoms with Gasteiger partial charge < -0.3 is 30.1 Å². The predicted octanol–water partition coefficient (Wildman–Crippen LogP) is 0.769. The summed E-state index contributed by atoms with van der Waals surface area (Å²) in [5.74, 6) is -1.76. The molecule has 13 heteroatoms. The summed E-state index contributed by atoms with van der Waals surface area (Å²) in [5, 5.41) is 21.3. The van der Waals surface area contributed by atoms with Gasteiger partial charge in [-0.1, -0.05) is 0 Å². The standard InChI is InChI=1S/C20H25N7O6/c1-20(2,3)33-19(32)25-8-12-6-21-17(22-7-12)26-4-5-27(14(11-26)16(30)31)18-23-9-13(10-24-18)15(28)29/h6-7,9-10,14H,4-5,8,11H2,1-3H3,(H,25,32)(H,28,29)(H,30,31)/t14-/m0/s1. The Hall–Kier alpha value is -4.03. The molecule has 0 bridgehead atoms. The molecule has 1 atom stereocenters. The maximum absolute atomic E-state index is 11.9. The van der Waals surface area contributed by atoms with Crippen molar-refractivity contribution < 1.29 is 29.3 Å². The molecule has 33 heavy (non-hydrogen) atoms. The van der Waals surface area contributed by atoms with Gasteiger partial charge in [0, 0.05) is 50.0 Å². The number of hydrogen-bond donors (Lipinski definition) is 3. The number of aliphatic carboxylic acids is 1. The highest BCUT2D eigenvalue weighted by Gasteiger charge is 2.35. The lowest BCUT2D eigenvalue weighted by Gasteiger charge is -2.39. The van der Waals surface area contributed by atoms with Crippen molar-refractivity contribution >= 4 is 29.9 Å². The molecule has 3 heterocycles. The molecule has 0 radical (unpaired) electrons. The van der Waals surface area contributed by atoms with E-state index < -0.39 is 29.7 Å². The van der Waals surface area contributed by atoms with E-state index in [4.69, 9.17) is 9.84 Å². The third-order valence-corrected chi connectivity index (χ3v) is 4.62. The van der Waals surface area contributed by atoms with Crippen LogP contribution in [0.25, 0.3) is 0 Å². The maximum Gasteiger partial charge on any atom is 0.407 e. The van der Waals surface area contributed by atoms with Crippen molar-refractivity contribution in [3.05, 3.63) is 35.9 Å². The topological polar surface area (TPSA) is 171 Å². The van der Waals surface area contributed by atoms with E-state index in [2.05, 4.69) is 25.3 Å². The van der Waals surface area contributed by atoms with E-state index in [1.54, 1.807) is 38.1 Å². The summed E-state index contributed by atoms with van der Waals surface area (Å²) < 4.78 is 5.18. The highest BCUT2D eigenvalue weighted by molar-refractivity contribution is 5.87. The lowest BCUT2D eigenvalue weighted by atomic mass is 10.2. The van der Waals surface area contributed by atoms with Gasteiger partial charge in [-0.05, 0) is 20.8 Å². The van der Waals surface area contributed by atoms with E-state index in [0.717, 1.165) is 12.4 Å². The number of nitrogens with one attached hydrogen (secondary N) is 1. The molecular formula is C20H25N7O6. The molecule has 0 aliphatic carbocycles. The van der Waals surface area contributed by atoms with Gasteiger partial charge in [0.15, 0.2) is 0 Å². The first-order valence-corrected chi connectivity index (χ1v) is 10.1. The minimum atomic E-state index is -1.16. The first-order valence-electron chi connectivity index (χ1n) is 10.1. The van der Waals surface area contributed by atoms with Gasteiger partial charge in [-0.3, -0.25) is 0 Å². The van der Waals surface area contributed by atoms with Crippen LogP contribution in [0.5, 0.6) is 0 Å². The van der Waals surface area contributed by atoms with Crippen LogP contribution in [0.4, 0.5) is 16.7 Å². The van der Waals surface area contributed by atoms with Crippen LogP contribution in [0.1, 0.15) is 36.7 Å². The molecule has 1 aliphatic heterocycles. The Kier molecular flexibility index (Phi) is 6.89. The summed E-state index contributed by atoms with van der Waals surface area (Å²) in [6, 6.07) is -0.980. The highest BCUT2D eigenvalue weighted by atomic mass is 16.6. The van der Waals surface area contributed by atoms with E-state index in [1.807, 2.05) is 0 Å². The van der Waals surface area contributed by atoms with Crippen LogP contribution in [-0.4, -0.2) is 79.5 Å². The number of amides is 1. The largest absolute Gasteiger partial charge is 0.480 e. The molecule has 13 nitrogen and oxygen atoms in total. The van der Waals surface area contributed by atoms with Gasteiger partial charge in [0.05, 0.1) is 12.1 Å². The first-order chi connectivity index (χ1) is 15.5. The van der Waals surface area contributed by atoms with Crippen LogP contribution >= 0.6 is 0 Å². The molecule has 1 amide bonds. The Morgan fingerprint density at radius 1 is 1.03 bits per heavy atom. The lowest BCUT2D eigenvalue weighted by molar-refractivity contribution is -0.138. The molecule has 2 aromatic heterocycles. The Bertz CT molecular complexity index is 1010. The number of nitrogens with zero attached hydrogens (tertiary/aromatic N) is 6. The Morgan fingerprint density at radius 3 is 2.18 bits per heavy atom. The number of anilines is 2.